The van der Waals surface area contributed by atoms with Crippen molar-refractivity contribution < 1.29 is 4.79 Å². The molecule has 2 nitrogen and oxygen atoms in total. The van der Waals surface area contributed by atoms with Crippen molar-refractivity contribution in [3.8, 4) is 0 Å². The van der Waals surface area contributed by atoms with Gasteiger partial charge < -0.3 is 4.79 Å². The van der Waals surface area contributed by atoms with Gasteiger partial charge in [-0.25, -0.2) is 0 Å². The summed E-state index contributed by atoms with van der Waals surface area (Å²) in [5.41, 5.74) is 0. The molecule has 72 valence electrons. The van der Waals surface area contributed by atoms with Gasteiger partial charge in [-0.2, -0.15) is 0 Å². The largest absolute Gasteiger partial charge is 0.302 e. The van der Waals surface area contributed by atoms with Crippen LogP contribution in [0.2, 0.25) is 0 Å². The Balaban J connectivity index is 3.23. The molecule has 0 heterocycles. The third-order valence-electron chi connectivity index (χ3n) is 2.32. The Hall–Kier alpha value is -0.370. The molecule has 0 amide bonds. The molecule has 0 N–H and O–H groups in total. The second-order valence-corrected chi connectivity index (χ2v) is 3.58. The van der Waals surface area contributed by atoms with Gasteiger partial charge in [0, 0.05) is 0 Å². The van der Waals surface area contributed by atoms with Crippen LogP contribution in [0, 0.1) is 5.92 Å². The minimum Gasteiger partial charge on any atom is -0.302 e. The first-order valence-electron chi connectivity index (χ1n) is 4.82. The van der Waals surface area contributed by atoms with E-state index in [1.165, 1.54) is 19.3 Å². The van der Waals surface area contributed by atoms with Crippen LogP contribution in [0.1, 0.15) is 33.1 Å². The fourth-order valence-electron chi connectivity index (χ4n) is 1.13. The third kappa shape index (κ3) is 6.35. The molecule has 0 aliphatic heterocycles. The number of carbonyl (C=O) groups is 1. The fraction of sp³-hybridized carbons (Fsp3) is 0.900. The van der Waals surface area contributed by atoms with Crippen LogP contribution < -0.4 is 0 Å². The summed E-state index contributed by atoms with van der Waals surface area (Å²) < 4.78 is 0. The van der Waals surface area contributed by atoms with Gasteiger partial charge in [0.1, 0.15) is 6.29 Å². The van der Waals surface area contributed by atoms with Crippen molar-refractivity contribution in [3.63, 3.8) is 0 Å². The van der Waals surface area contributed by atoms with Crippen LogP contribution in [0.5, 0.6) is 0 Å². The number of aldehydes is 1. The normalized spacial score (nSPS) is 13.3. The van der Waals surface area contributed by atoms with Gasteiger partial charge in [0.25, 0.3) is 0 Å². The van der Waals surface area contributed by atoms with Gasteiger partial charge >= 0.3 is 0 Å². The Bertz CT molecular complexity index is 114. The molecular weight excluding hydrogens is 150 g/mol. The molecule has 2 heteroatoms. The first-order valence-corrected chi connectivity index (χ1v) is 4.82. The topological polar surface area (TPSA) is 20.3 Å². The minimum atomic E-state index is 0.570. The molecular formula is C10H21NO. The van der Waals surface area contributed by atoms with Crippen LogP contribution in [0.4, 0.5) is 0 Å². The lowest BCUT2D eigenvalue weighted by Crippen LogP contribution is -2.22. The molecule has 1 atom stereocenters. The van der Waals surface area contributed by atoms with E-state index < -0.39 is 0 Å². The summed E-state index contributed by atoms with van der Waals surface area (Å²) in [5.74, 6) is 0.828. The van der Waals surface area contributed by atoms with E-state index in [4.69, 9.17) is 0 Å². The molecule has 12 heavy (non-hydrogen) atoms. The monoisotopic (exact) mass is 171 g/mol. The smallest absolute Gasteiger partial charge is 0.133 e. The van der Waals surface area contributed by atoms with Crippen molar-refractivity contribution in [3.05, 3.63) is 0 Å². The summed E-state index contributed by atoms with van der Waals surface area (Å²) >= 11 is 0. The summed E-state index contributed by atoms with van der Waals surface area (Å²) in [5, 5.41) is 0. The summed E-state index contributed by atoms with van der Waals surface area (Å²) in [6.07, 6.45) is 4.71. The Labute approximate surface area is 75.9 Å². The van der Waals surface area contributed by atoms with Crippen LogP contribution in [0.3, 0.4) is 0 Å². The molecule has 0 fully saturated rings. The maximum absolute atomic E-state index is 10.1. The van der Waals surface area contributed by atoms with Crippen molar-refractivity contribution >= 4 is 6.29 Å². The Morgan fingerprint density at radius 3 is 2.67 bits per heavy atom. The van der Waals surface area contributed by atoms with Crippen molar-refractivity contribution in [2.45, 2.75) is 33.1 Å². The van der Waals surface area contributed by atoms with Crippen LogP contribution in [0.25, 0.3) is 0 Å². The van der Waals surface area contributed by atoms with E-state index in [1.54, 1.807) is 0 Å². The van der Waals surface area contributed by atoms with Gasteiger partial charge in [-0.3, -0.25) is 4.90 Å². The molecule has 0 radical (unpaired) electrons. The van der Waals surface area contributed by atoms with Crippen molar-refractivity contribution in [1.82, 2.24) is 4.90 Å². The van der Waals surface area contributed by atoms with Crippen LogP contribution >= 0.6 is 0 Å². The summed E-state index contributed by atoms with van der Waals surface area (Å²) in [7, 11) is 1.99. The van der Waals surface area contributed by atoms with Gasteiger partial charge in [0.05, 0.1) is 6.54 Å². The Morgan fingerprint density at radius 1 is 1.50 bits per heavy atom. The van der Waals surface area contributed by atoms with Crippen LogP contribution in [0.15, 0.2) is 0 Å². The SMILES string of the molecule is CCC(C)CCCN(C)CC=O. The Morgan fingerprint density at radius 2 is 2.17 bits per heavy atom. The molecule has 0 aromatic rings. The van der Waals surface area contributed by atoms with Gasteiger partial charge in [-0.05, 0) is 32.4 Å². The van der Waals surface area contributed by atoms with E-state index in [-0.39, 0.29) is 0 Å². The molecule has 0 saturated carbocycles. The predicted octanol–water partition coefficient (Wildman–Crippen LogP) is 1.94. The molecule has 0 aliphatic rings. The molecule has 0 aromatic heterocycles. The van der Waals surface area contributed by atoms with Crippen LogP contribution in [-0.2, 0) is 4.79 Å². The first-order chi connectivity index (χ1) is 5.70. The number of hydrogen-bond donors (Lipinski definition) is 0. The first kappa shape index (κ1) is 11.6. The van der Waals surface area contributed by atoms with E-state index in [0.717, 1.165) is 18.7 Å². The second-order valence-electron chi connectivity index (χ2n) is 3.58. The highest BCUT2D eigenvalue weighted by atomic mass is 16.1. The quantitative estimate of drug-likeness (QED) is 0.546. The maximum Gasteiger partial charge on any atom is 0.133 e. The highest BCUT2D eigenvalue weighted by Gasteiger charge is 2.00. The van der Waals surface area contributed by atoms with Gasteiger partial charge in [0.15, 0.2) is 0 Å². The minimum absolute atomic E-state index is 0.570. The molecule has 0 bridgehead atoms. The Kier molecular flexibility index (Phi) is 7.06. The van der Waals surface area contributed by atoms with Gasteiger partial charge in [0.2, 0.25) is 0 Å². The highest BCUT2D eigenvalue weighted by Crippen LogP contribution is 2.08. The third-order valence-corrected chi connectivity index (χ3v) is 2.32. The number of likely N-dealkylation sites (N-methyl/N-ethyl adjacent to an activating group) is 1. The number of rotatable bonds is 7. The lowest BCUT2D eigenvalue weighted by molar-refractivity contribution is -0.108. The molecule has 0 saturated heterocycles. The van der Waals surface area contributed by atoms with Crippen molar-refractivity contribution in [2.75, 3.05) is 20.1 Å². The van der Waals surface area contributed by atoms with E-state index >= 15 is 0 Å². The van der Waals surface area contributed by atoms with Gasteiger partial charge in [-0.15, -0.1) is 0 Å². The average Bonchev–Trinajstić information content (AvgIpc) is 2.04. The molecule has 0 rings (SSSR count). The maximum atomic E-state index is 10.1. The van der Waals surface area contributed by atoms with Crippen molar-refractivity contribution in [1.29, 1.82) is 0 Å². The van der Waals surface area contributed by atoms with E-state index in [1.807, 2.05) is 7.05 Å². The number of carbonyl (C=O) groups excluding carboxylic acids is 1. The summed E-state index contributed by atoms with van der Waals surface area (Å²) in [6.45, 7) is 6.11. The zero-order chi connectivity index (χ0) is 9.40. The van der Waals surface area contributed by atoms with Gasteiger partial charge in [-0.1, -0.05) is 20.3 Å². The van der Waals surface area contributed by atoms with E-state index in [0.29, 0.717) is 6.54 Å². The zero-order valence-corrected chi connectivity index (χ0v) is 8.55. The van der Waals surface area contributed by atoms with E-state index in [2.05, 4.69) is 18.7 Å². The summed E-state index contributed by atoms with van der Waals surface area (Å²) in [4.78, 5) is 12.2. The number of hydrogen-bond acceptors (Lipinski definition) is 2. The summed E-state index contributed by atoms with van der Waals surface area (Å²) in [6, 6.07) is 0. The van der Waals surface area contributed by atoms with Crippen LogP contribution in [-0.4, -0.2) is 31.3 Å². The molecule has 0 aliphatic carbocycles. The lowest BCUT2D eigenvalue weighted by Gasteiger charge is -2.14. The molecule has 0 aromatic carbocycles. The van der Waals surface area contributed by atoms with Crippen molar-refractivity contribution in [2.24, 2.45) is 5.92 Å². The molecule has 1 unspecified atom stereocenters. The second kappa shape index (κ2) is 7.29. The standard InChI is InChI=1S/C10H21NO/c1-4-10(2)6-5-7-11(3)8-9-12/h9-10H,4-8H2,1-3H3. The average molecular weight is 171 g/mol. The lowest BCUT2D eigenvalue weighted by atomic mass is 10.0. The predicted molar refractivity (Wildman–Crippen MR) is 52.3 cm³/mol. The highest BCUT2D eigenvalue weighted by molar-refractivity contribution is 5.51. The van der Waals surface area contributed by atoms with E-state index in [9.17, 15) is 4.79 Å². The fourth-order valence-corrected chi connectivity index (χ4v) is 1.13. The molecule has 0 spiro atoms. The number of nitrogens with zero attached hydrogens (tertiary/aromatic N) is 1. The zero-order valence-electron chi connectivity index (χ0n) is 8.55.